The van der Waals surface area contributed by atoms with Gasteiger partial charge in [0.15, 0.2) is 0 Å². The van der Waals surface area contributed by atoms with Gasteiger partial charge in [-0.2, -0.15) is 0 Å². The molecule has 1 amide bonds. The molecule has 1 aromatic carbocycles. The van der Waals surface area contributed by atoms with Crippen LogP contribution in [0.1, 0.15) is 52.4 Å². The van der Waals surface area contributed by atoms with E-state index in [1.54, 1.807) is 0 Å². The number of hydrogen-bond acceptors (Lipinski definition) is 8. The Kier molecular flexibility index (Phi) is 17.5. The molecule has 1 aliphatic heterocycles. The van der Waals surface area contributed by atoms with Gasteiger partial charge in [-0.25, -0.2) is 14.4 Å². The Balaban J connectivity index is 0.00000102. The maximum atomic E-state index is 12.5. The Morgan fingerprint density at radius 3 is 2.11 bits per heavy atom. The standard InChI is InChI=1S/C24H40N2O5.C2H2O4/c1-3-5-16-30-22-12-10-21(11-13-22)25-24(27)31-23(20-29-18-17-28-4-2)19-26-14-8-6-7-9-15-26;3-1(4)2(5)6/h10-13,23H,3-9,14-20H2,1-2H3,(H,25,27);(H,3,4)(H,5,6). The highest BCUT2D eigenvalue weighted by Crippen LogP contribution is 2.17. The van der Waals surface area contributed by atoms with E-state index in [9.17, 15) is 4.79 Å². The van der Waals surface area contributed by atoms with Crippen molar-refractivity contribution < 1.29 is 43.5 Å². The fourth-order valence-corrected chi connectivity index (χ4v) is 3.48. The van der Waals surface area contributed by atoms with E-state index in [-0.39, 0.29) is 6.10 Å². The first-order chi connectivity index (χ1) is 17.8. The highest BCUT2D eigenvalue weighted by molar-refractivity contribution is 6.27. The van der Waals surface area contributed by atoms with Gasteiger partial charge in [-0.1, -0.05) is 26.2 Å². The molecule has 1 aromatic rings. The number of nitrogens with zero attached hydrogens (tertiary/aromatic N) is 1. The summed E-state index contributed by atoms with van der Waals surface area (Å²) in [6.07, 6.45) is 6.26. The second-order valence-electron chi connectivity index (χ2n) is 8.48. The number of rotatable bonds is 14. The van der Waals surface area contributed by atoms with Crippen LogP contribution in [0.4, 0.5) is 10.5 Å². The molecule has 2 rings (SSSR count). The molecular weight excluding hydrogens is 484 g/mol. The molecule has 1 saturated heterocycles. The molecule has 0 saturated carbocycles. The van der Waals surface area contributed by atoms with Gasteiger partial charge < -0.3 is 29.2 Å². The number of anilines is 1. The minimum Gasteiger partial charge on any atom is -0.494 e. The molecule has 0 radical (unpaired) electrons. The van der Waals surface area contributed by atoms with Gasteiger partial charge in [0.05, 0.1) is 26.4 Å². The summed E-state index contributed by atoms with van der Waals surface area (Å²) in [4.78, 5) is 33.1. The molecule has 0 aromatic heterocycles. The second-order valence-corrected chi connectivity index (χ2v) is 8.48. The molecule has 37 heavy (non-hydrogen) atoms. The molecule has 1 aliphatic rings. The van der Waals surface area contributed by atoms with Crippen LogP contribution < -0.4 is 10.1 Å². The highest BCUT2D eigenvalue weighted by atomic mass is 16.6. The molecule has 0 aliphatic carbocycles. The summed E-state index contributed by atoms with van der Waals surface area (Å²) in [6, 6.07) is 7.36. The zero-order chi connectivity index (χ0) is 27.3. The number of hydrogen-bond donors (Lipinski definition) is 3. The summed E-state index contributed by atoms with van der Waals surface area (Å²) in [7, 11) is 0. The first-order valence-electron chi connectivity index (χ1n) is 12.9. The van der Waals surface area contributed by atoms with E-state index < -0.39 is 18.0 Å². The van der Waals surface area contributed by atoms with Crippen LogP contribution in [0.25, 0.3) is 0 Å². The molecule has 0 bridgehead atoms. The van der Waals surface area contributed by atoms with Crippen molar-refractivity contribution in [1.29, 1.82) is 0 Å². The van der Waals surface area contributed by atoms with E-state index in [1.165, 1.54) is 25.7 Å². The third-order valence-electron chi connectivity index (χ3n) is 5.36. The maximum absolute atomic E-state index is 12.5. The number of carbonyl (C=O) groups excluding carboxylic acids is 1. The first kappa shape index (κ1) is 32.1. The summed E-state index contributed by atoms with van der Waals surface area (Å²) in [5, 5.41) is 17.6. The van der Waals surface area contributed by atoms with Crippen LogP contribution in [0, 0.1) is 0 Å². The van der Waals surface area contributed by atoms with Crippen LogP contribution in [-0.2, 0) is 23.8 Å². The zero-order valence-corrected chi connectivity index (χ0v) is 22.0. The van der Waals surface area contributed by atoms with Gasteiger partial charge in [-0.05, 0) is 63.5 Å². The van der Waals surface area contributed by atoms with Crippen LogP contribution in [0.2, 0.25) is 0 Å². The van der Waals surface area contributed by atoms with Crippen LogP contribution in [-0.4, -0.2) is 91.9 Å². The van der Waals surface area contributed by atoms with Crippen molar-refractivity contribution in [3.8, 4) is 5.75 Å². The fraction of sp³-hybridized carbons (Fsp3) is 0.654. The van der Waals surface area contributed by atoms with Gasteiger partial charge >= 0.3 is 18.0 Å². The molecule has 1 unspecified atom stereocenters. The lowest BCUT2D eigenvalue weighted by Crippen LogP contribution is -2.39. The summed E-state index contributed by atoms with van der Waals surface area (Å²) >= 11 is 0. The van der Waals surface area contributed by atoms with E-state index in [0.29, 0.717) is 45.3 Å². The average Bonchev–Trinajstić information content (AvgIpc) is 3.14. The van der Waals surface area contributed by atoms with E-state index in [0.717, 1.165) is 31.7 Å². The van der Waals surface area contributed by atoms with E-state index in [1.807, 2.05) is 31.2 Å². The number of unbranched alkanes of at least 4 members (excludes halogenated alkanes) is 1. The maximum Gasteiger partial charge on any atom is 0.414 e. The summed E-state index contributed by atoms with van der Waals surface area (Å²) in [6.45, 7) is 9.63. The van der Waals surface area contributed by atoms with Crippen molar-refractivity contribution in [2.75, 3.05) is 58.0 Å². The first-order valence-corrected chi connectivity index (χ1v) is 12.9. The molecular formula is C26H42N2O9. The van der Waals surface area contributed by atoms with Gasteiger partial charge in [0, 0.05) is 18.8 Å². The number of likely N-dealkylation sites (tertiary alicyclic amines) is 1. The van der Waals surface area contributed by atoms with Crippen molar-refractivity contribution in [3.05, 3.63) is 24.3 Å². The average molecular weight is 527 g/mol. The number of carbonyl (C=O) groups is 3. The van der Waals surface area contributed by atoms with Crippen molar-refractivity contribution >= 4 is 23.7 Å². The molecule has 1 fully saturated rings. The zero-order valence-electron chi connectivity index (χ0n) is 22.0. The topological polar surface area (TPSA) is 144 Å². The number of carboxylic acids is 2. The molecule has 3 N–H and O–H groups in total. The predicted octanol–water partition coefficient (Wildman–Crippen LogP) is 3.87. The van der Waals surface area contributed by atoms with Gasteiger partial charge in [-0.3, -0.25) is 10.2 Å². The Morgan fingerprint density at radius 2 is 1.54 bits per heavy atom. The fourth-order valence-electron chi connectivity index (χ4n) is 3.48. The molecule has 11 heteroatoms. The van der Waals surface area contributed by atoms with Crippen LogP contribution in [0.3, 0.4) is 0 Å². The van der Waals surface area contributed by atoms with Gasteiger partial charge in [0.25, 0.3) is 0 Å². The van der Waals surface area contributed by atoms with Crippen molar-refractivity contribution in [2.45, 2.75) is 58.5 Å². The Morgan fingerprint density at radius 1 is 0.919 bits per heavy atom. The minimum atomic E-state index is -1.82. The number of carboxylic acid groups (broad SMARTS) is 2. The SMILES string of the molecule is CCCCOc1ccc(NC(=O)OC(COCCOCC)CN2CCCCCC2)cc1.O=C(O)C(=O)O. The lowest BCUT2D eigenvalue weighted by Gasteiger charge is -2.26. The number of aliphatic carboxylic acids is 2. The van der Waals surface area contributed by atoms with Crippen molar-refractivity contribution in [3.63, 3.8) is 0 Å². The number of amides is 1. The van der Waals surface area contributed by atoms with Crippen molar-refractivity contribution in [1.82, 2.24) is 4.90 Å². The largest absolute Gasteiger partial charge is 0.494 e. The Labute approximate surface area is 219 Å². The van der Waals surface area contributed by atoms with Crippen LogP contribution in [0.5, 0.6) is 5.75 Å². The second kappa shape index (κ2) is 20.2. The van der Waals surface area contributed by atoms with Gasteiger partial charge in [0.2, 0.25) is 0 Å². The van der Waals surface area contributed by atoms with Crippen molar-refractivity contribution in [2.24, 2.45) is 0 Å². The third-order valence-corrected chi connectivity index (χ3v) is 5.36. The summed E-state index contributed by atoms with van der Waals surface area (Å²) in [5.74, 6) is -2.85. The number of ether oxygens (including phenoxy) is 4. The van der Waals surface area contributed by atoms with Crippen LogP contribution in [0.15, 0.2) is 24.3 Å². The lowest BCUT2D eigenvalue weighted by atomic mass is 10.2. The molecule has 1 heterocycles. The third kappa shape index (κ3) is 16.5. The predicted molar refractivity (Wildman–Crippen MR) is 138 cm³/mol. The molecule has 0 spiro atoms. The normalized spacial score (nSPS) is 14.4. The van der Waals surface area contributed by atoms with E-state index in [4.69, 9.17) is 38.7 Å². The Hall–Kier alpha value is -2.89. The lowest BCUT2D eigenvalue weighted by molar-refractivity contribution is -0.159. The Bertz CT molecular complexity index is 754. The number of nitrogens with one attached hydrogen (secondary N) is 1. The van der Waals surface area contributed by atoms with E-state index in [2.05, 4.69) is 17.1 Å². The number of benzene rings is 1. The van der Waals surface area contributed by atoms with Crippen LogP contribution >= 0.6 is 0 Å². The summed E-state index contributed by atoms with van der Waals surface area (Å²) in [5.41, 5.74) is 0.679. The minimum absolute atomic E-state index is 0.323. The van der Waals surface area contributed by atoms with Gasteiger partial charge in [-0.15, -0.1) is 0 Å². The molecule has 1 atom stereocenters. The van der Waals surface area contributed by atoms with Gasteiger partial charge in [0.1, 0.15) is 11.9 Å². The summed E-state index contributed by atoms with van der Waals surface area (Å²) < 4.78 is 22.4. The highest BCUT2D eigenvalue weighted by Gasteiger charge is 2.20. The monoisotopic (exact) mass is 526 g/mol. The van der Waals surface area contributed by atoms with E-state index >= 15 is 0 Å². The smallest absolute Gasteiger partial charge is 0.414 e. The molecule has 210 valence electrons. The molecule has 11 nitrogen and oxygen atoms in total. The quantitative estimate of drug-likeness (QED) is 0.241.